The summed E-state index contributed by atoms with van der Waals surface area (Å²) in [6, 6.07) is 12.3. The van der Waals surface area contributed by atoms with Crippen LogP contribution in [0.15, 0.2) is 42.5 Å². The van der Waals surface area contributed by atoms with E-state index >= 15 is 0 Å². The third-order valence-corrected chi connectivity index (χ3v) is 3.65. The van der Waals surface area contributed by atoms with Gasteiger partial charge in [-0.2, -0.15) is 0 Å². The van der Waals surface area contributed by atoms with Crippen LogP contribution in [0.25, 0.3) is 10.2 Å². The molecule has 3 aromatic rings. The summed E-state index contributed by atoms with van der Waals surface area (Å²) in [5.74, 6) is 0.131. The Morgan fingerprint density at radius 2 is 2.05 bits per heavy atom. The van der Waals surface area contributed by atoms with Crippen molar-refractivity contribution in [1.29, 1.82) is 0 Å². The fourth-order valence-corrected chi connectivity index (χ4v) is 2.69. The Morgan fingerprint density at radius 3 is 2.84 bits per heavy atom. The lowest BCUT2D eigenvalue weighted by Crippen LogP contribution is -1.94. The van der Waals surface area contributed by atoms with E-state index in [4.69, 9.17) is 4.74 Å². The first-order chi connectivity index (χ1) is 9.26. The number of methoxy groups -OCH3 is 1. The Bertz CT molecular complexity index is 693. The van der Waals surface area contributed by atoms with Gasteiger partial charge >= 0.3 is 0 Å². The molecule has 0 aliphatic heterocycles. The lowest BCUT2D eigenvalue weighted by molar-refractivity contribution is 0.413. The molecule has 0 saturated carbocycles. The number of ether oxygens (including phenoxy) is 1. The first kappa shape index (κ1) is 11.9. The molecule has 2 aromatic carbocycles. The number of aromatic nitrogens is 1. The molecular weight excluding hydrogens is 263 g/mol. The second kappa shape index (κ2) is 4.85. The van der Waals surface area contributed by atoms with Gasteiger partial charge in [0.25, 0.3) is 0 Å². The Morgan fingerprint density at radius 1 is 1.21 bits per heavy atom. The van der Waals surface area contributed by atoms with Gasteiger partial charge in [-0.15, -0.1) is 0 Å². The van der Waals surface area contributed by atoms with E-state index in [2.05, 4.69) is 10.3 Å². The molecule has 19 heavy (non-hydrogen) atoms. The van der Waals surface area contributed by atoms with Crippen LogP contribution in [-0.2, 0) is 0 Å². The van der Waals surface area contributed by atoms with E-state index in [0.29, 0.717) is 11.4 Å². The SMILES string of the molecule is COc1cc(F)ccc1Nc1nc2ccccc2s1. The van der Waals surface area contributed by atoms with Crippen molar-refractivity contribution in [3.8, 4) is 5.75 Å². The van der Waals surface area contributed by atoms with Gasteiger partial charge in [-0.1, -0.05) is 23.5 Å². The van der Waals surface area contributed by atoms with Gasteiger partial charge in [0, 0.05) is 6.07 Å². The largest absolute Gasteiger partial charge is 0.494 e. The number of benzene rings is 2. The first-order valence-electron chi connectivity index (χ1n) is 5.72. The average Bonchev–Trinajstić information content (AvgIpc) is 2.83. The molecule has 0 saturated heterocycles. The van der Waals surface area contributed by atoms with Crippen molar-refractivity contribution < 1.29 is 9.13 Å². The number of halogens is 1. The molecule has 0 atom stereocenters. The number of thiazole rings is 1. The van der Waals surface area contributed by atoms with Crippen molar-refractivity contribution in [2.45, 2.75) is 0 Å². The Kier molecular flexibility index (Phi) is 3.05. The van der Waals surface area contributed by atoms with Crippen molar-refractivity contribution in [2.24, 2.45) is 0 Å². The summed E-state index contributed by atoms with van der Waals surface area (Å²) in [6.45, 7) is 0. The maximum absolute atomic E-state index is 13.1. The highest BCUT2D eigenvalue weighted by Crippen LogP contribution is 2.32. The van der Waals surface area contributed by atoms with Crippen LogP contribution in [0.5, 0.6) is 5.75 Å². The summed E-state index contributed by atoms with van der Waals surface area (Å²) in [5, 5.41) is 3.91. The molecule has 1 N–H and O–H groups in total. The zero-order chi connectivity index (χ0) is 13.2. The van der Waals surface area contributed by atoms with E-state index in [-0.39, 0.29) is 5.82 Å². The molecule has 0 amide bonds. The van der Waals surface area contributed by atoms with E-state index in [9.17, 15) is 4.39 Å². The van der Waals surface area contributed by atoms with Crippen molar-refractivity contribution in [1.82, 2.24) is 4.98 Å². The minimum atomic E-state index is -0.327. The molecule has 1 aromatic heterocycles. The summed E-state index contributed by atoms with van der Waals surface area (Å²) in [6.07, 6.45) is 0. The summed E-state index contributed by atoms with van der Waals surface area (Å²) in [4.78, 5) is 4.46. The van der Waals surface area contributed by atoms with E-state index in [1.165, 1.54) is 19.2 Å². The zero-order valence-electron chi connectivity index (χ0n) is 10.2. The fourth-order valence-electron chi connectivity index (χ4n) is 1.81. The first-order valence-corrected chi connectivity index (χ1v) is 6.54. The highest BCUT2D eigenvalue weighted by Gasteiger charge is 2.08. The Balaban J connectivity index is 1.96. The van der Waals surface area contributed by atoms with Crippen molar-refractivity contribution >= 4 is 32.4 Å². The molecule has 0 aliphatic carbocycles. The van der Waals surface area contributed by atoms with Gasteiger partial charge in [0.2, 0.25) is 0 Å². The molecular formula is C14H11FN2OS. The smallest absolute Gasteiger partial charge is 0.188 e. The highest BCUT2D eigenvalue weighted by atomic mass is 32.1. The maximum Gasteiger partial charge on any atom is 0.188 e. The highest BCUT2D eigenvalue weighted by molar-refractivity contribution is 7.22. The Hall–Kier alpha value is -2.14. The van der Waals surface area contributed by atoms with Gasteiger partial charge in [0.15, 0.2) is 5.13 Å². The molecule has 0 bridgehead atoms. The van der Waals surface area contributed by atoms with Gasteiger partial charge in [-0.05, 0) is 24.3 Å². The summed E-state index contributed by atoms with van der Waals surface area (Å²) in [5.41, 5.74) is 1.64. The number of rotatable bonds is 3. The van der Waals surface area contributed by atoms with Crippen LogP contribution in [0, 0.1) is 5.82 Å². The van der Waals surface area contributed by atoms with Crippen LogP contribution >= 0.6 is 11.3 Å². The molecule has 0 aliphatic rings. The van der Waals surface area contributed by atoms with Gasteiger partial charge in [0.1, 0.15) is 11.6 Å². The van der Waals surface area contributed by atoms with Gasteiger partial charge in [-0.25, -0.2) is 9.37 Å². The van der Waals surface area contributed by atoms with Crippen molar-refractivity contribution in [3.05, 3.63) is 48.3 Å². The molecule has 3 nitrogen and oxygen atoms in total. The molecule has 96 valence electrons. The predicted molar refractivity (Wildman–Crippen MR) is 75.9 cm³/mol. The topological polar surface area (TPSA) is 34.1 Å². The quantitative estimate of drug-likeness (QED) is 0.777. The average molecular weight is 274 g/mol. The predicted octanol–water partition coefficient (Wildman–Crippen LogP) is 4.19. The summed E-state index contributed by atoms with van der Waals surface area (Å²) >= 11 is 1.54. The fraction of sp³-hybridized carbons (Fsp3) is 0.0714. The van der Waals surface area contributed by atoms with Crippen LogP contribution in [0.1, 0.15) is 0 Å². The molecule has 3 rings (SSSR count). The third kappa shape index (κ3) is 2.37. The van der Waals surface area contributed by atoms with Crippen LogP contribution in [0.3, 0.4) is 0 Å². The van der Waals surface area contributed by atoms with E-state index < -0.39 is 0 Å². The van der Waals surface area contributed by atoms with Crippen LogP contribution in [0.4, 0.5) is 15.2 Å². The third-order valence-electron chi connectivity index (χ3n) is 2.70. The second-order valence-electron chi connectivity index (χ2n) is 3.96. The normalized spacial score (nSPS) is 10.6. The minimum absolute atomic E-state index is 0.327. The molecule has 0 radical (unpaired) electrons. The molecule has 0 spiro atoms. The number of hydrogen-bond donors (Lipinski definition) is 1. The van der Waals surface area contributed by atoms with E-state index in [1.807, 2.05) is 24.3 Å². The molecule has 0 unspecified atom stereocenters. The number of fused-ring (bicyclic) bond motifs is 1. The number of hydrogen-bond acceptors (Lipinski definition) is 4. The monoisotopic (exact) mass is 274 g/mol. The number of nitrogens with one attached hydrogen (secondary N) is 1. The maximum atomic E-state index is 13.1. The second-order valence-corrected chi connectivity index (χ2v) is 4.99. The number of anilines is 2. The van der Waals surface area contributed by atoms with Gasteiger partial charge < -0.3 is 10.1 Å². The molecule has 0 fully saturated rings. The van der Waals surface area contributed by atoms with E-state index in [1.54, 1.807) is 17.4 Å². The van der Waals surface area contributed by atoms with Gasteiger partial charge in [0.05, 0.1) is 23.0 Å². The summed E-state index contributed by atoms with van der Waals surface area (Å²) < 4.78 is 19.4. The van der Waals surface area contributed by atoms with Crippen molar-refractivity contribution in [2.75, 3.05) is 12.4 Å². The zero-order valence-corrected chi connectivity index (χ0v) is 11.0. The molecule has 1 heterocycles. The minimum Gasteiger partial charge on any atom is -0.494 e. The lowest BCUT2D eigenvalue weighted by Gasteiger charge is -2.08. The molecule has 5 heteroatoms. The Labute approximate surface area is 113 Å². The van der Waals surface area contributed by atoms with Crippen LogP contribution < -0.4 is 10.1 Å². The van der Waals surface area contributed by atoms with Crippen molar-refractivity contribution in [3.63, 3.8) is 0 Å². The van der Waals surface area contributed by atoms with Crippen LogP contribution in [0.2, 0.25) is 0 Å². The number of para-hydroxylation sites is 1. The van der Waals surface area contributed by atoms with Gasteiger partial charge in [-0.3, -0.25) is 0 Å². The lowest BCUT2D eigenvalue weighted by atomic mass is 10.3. The standard InChI is InChI=1S/C14H11FN2OS/c1-18-12-8-9(15)6-7-10(12)16-14-17-11-4-2-3-5-13(11)19-14/h2-8H,1H3,(H,16,17). The number of nitrogens with zero attached hydrogens (tertiary/aromatic N) is 1. The van der Waals surface area contributed by atoms with E-state index in [0.717, 1.165) is 15.3 Å². The van der Waals surface area contributed by atoms with Crippen LogP contribution in [-0.4, -0.2) is 12.1 Å². The summed E-state index contributed by atoms with van der Waals surface area (Å²) in [7, 11) is 1.51.